The summed E-state index contributed by atoms with van der Waals surface area (Å²) in [6.45, 7) is 2.06. The molecule has 7 nitrogen and oxygen atoms in total. The van der Waals surface area contributed by atoms with Crippen LogP contribution in [0.2, 0.25) is 0 Å². The number of likely N-dealkylation sites (N-methyl/N-ethyl adjacent to an activating group) is 1. The first-order chi connectivity index (χ1) is 19.8. The van der Waals surface area contributed by atoms with Crippen molar-refractivity contribution in [2.24, 2.45) is 0 Å². The number of carbonyl (C=O) groups is 2. The van der Waals surface area contributed by atoms with Gasteiger partial charge in [-0.05, 0) is 54.8 Å². The Morgan fingerprint density at radius 2 is 1.62 bits per heavy atom. The number of hydrogen-bond donors (Lipinski definition) is 1. The molecule has 2 amide bonds. The Labute approximate surface area is 252 Å². The van der Waals surface area contributed by atoms with Crippen LogP contribution in [-0.2, 0) is 38.8 Å². The first-order valence-electron chi connectivity index (χ1n) is 13.3. The third kappa shape index (κ3) is 9.59. The maximum atomic E-state index is 13.7. The molecule has 1 unspecified atom stereocenters. The SMILES string of the molecule is CCNC(=O)C(Cc1ccccc1)N(Cc1ccc(Br)cc1)C(=O)CCCN(c1cccc(C(F)(F)F)c1)S(C)(=O)=O. The van der Waals surface area contributed by atoms with Gasteiger partial charge in [0.05, 0.1) is 17.5 Å². The maximum Gasteiger partial charge on any atom is 0.416 e. The van der Waals surface area contributed by atoms with E-state index in [-0.39, 0.29) is 49.9 Å². The minimum Gasteiger partial charge on any atom is -0.355 e. The van der Waals surface area contributed by atoms with Crippen molar-refractivity contribution in [2.75, 3.05) is 23.7 Å². The maximum absolute atomic E-state index is 13.7. The third-order valence-electron chi connectivity index (χ3n) is 6.50. The minimum atomic E-state index is -4.64. The third-order valence-corrected chi connectivity index (χ3v) is 8.22. The highest BCUT2D eigenvalue weighted by molar-refractivity contribution is 9.10. The van der Waals surface area contributed by atoms with E-state index in [9.17, 15) is 31.2 Å². The van der Waals surface area contributed by atoms with Gasteiger partial charge in [-0.15, -0.1) is 0 Å². The number of alkyl halides is 3. The molecular formula is C30H33BrF3N3O4S. The number of rotatable bonds is 13. The number of nitrogens with one attached hydrogen (secondary N) is 1. The number of benzene rings is 3. The molecule has 226 valence electrons. The van der Waals surface area contributed by atoms with Crippen molar-refractivity contribution in [1.82, 2.24) is 10.2 Å². The zero-order chi connectivity index (χ0) is 30.9. The monoisotopic (exact) mass is 667 g/mol. The van der Waals surface area contributed by atoms with E-state index in [1.54, 1.807) is 6.92 Å². The van der Waals surface area contributed by atoms with Crippen molar-refractivity contribution in [2.45, 2.75) is 44.9 Å². The predicted octanol–water partition coefficient (Wildman–Crippen LogP) is 5.79. The van der Waals surface area contributed by atoms with Crippen LogP contribution in [0.15, 0.2) is 83.3 Å². The Bertz CT molecular complexity index is 1450. The lowest BCUT2D eigenvalue weighted by molar-refractivity contribution is -0.141. The Hall–Kier alpha value is -3.38. The zero-order valence-electron chi connectivity index (χ0n) is 23.3. The van der Waals surface area contributed by atoms with E-state index < -0.39 is 27.8 Å². The molecule has 3 aromatic carbocycles. The summed E-state index contributed by atoms with van der Waals surface area (Å²) in [7, 11) is -3.96. The fourth-order valence-corrected chi connectivity index (χ4v) is 5.70. The highest BCUT2D eigenvalue weighted by atomic mass is 79.9. The van der Waals surface area contributed by atoms with Crippen LogP contribution in [0.1, 0.15) is 36.5 Å². The number of amides is 2. The second-order valence-corrected chi connectivity index (χ2v) is 12.6. The summed E-state index contributed by atoms with van der Waals surface area (Å²) in [6.07, 6.45) is -3.59. The molecule has 0 aliphatic rings. The lowest BCUT2D eigenvalue weighted by Gasteiger charge is -2.32. The molecule has 0 saturated carbocycles. The van der Waals surface area contributed by atoms with Gasteiger partial charge in [-0.3, -0.25) is 13.9 Å². The highest BCUT2D eigenvalue weighted by Crippen LogP contribution is 2.32. The van der Waals surface area contributed by atoms with Gasteiger partial charge in [0, 0.05) is 36.9 Å². The van der Waals surface area contributed by atoms with Crippen LogP contribution < -0.4 is 9.62 Å². The van der Waals surface area contributed by atoms with Gasteiger partial charge in [-0.25, -0.2) is 8.42 Å². The molecule has 0 fully saturated rings. The highest BCUT2D eigenvalue weighted by Gasteiger charge is 2.32. The molecule has 0 spiro atoms. The summed E-state index contributed by atoms with van der Waals surface area (Å²) in [5, 5.41) is 2.81. The smallest absolute Gasteiger partial charge is 0.355 e. The summed E-state index contributed by atoms with van der Waals surface area (Å²) < 4.78 is 66.6. The molecule has 3 aromatic rings. The van der Waals surface area contributed by atoms with E-state index in [0.29, 0.717) is 6.54 Å². The van der Waals surface area contributed by atoms with Crippen LogP contribution in [0.25, 0.3) is 0 Å². The van der Waals surface area contributed by atoms with Crippen LogP contribution in [0.4, 0.5) is 18.9 Å². The van der Waals surface area contributed by atoms with Crippen LogP contribution in [0.5, 0.6) is 0 Å². The van der Waals surface area contributed by atoms with Crippen molar-refractivity contribution < 1.29 is 31.2 Å². The van der Waals surface area contributed by atoms with Gasteiger partial charge in [-0.2, -0.15) is 13.2 Å². The van der Waals surface area contributed by atoms with Gasteiger partial charge in [0.25, 0.3) is 0 Å². The Balaban J connectivity index is 1.87. The summed E-state index contributed by atoms with van der Waals surface area (Å²) in [5.74, 6) is -0.712. The standard InChI is InChI=1S/C30H33BrF3N3O4S/c1-3-35-29(39)27(19-22-9-5-4-6-10-22)36(21-23-14-16-25(31)17-15-23)28(38)13-8-18-37(42(2,40)41)26-12-7-11-24(20-26)30(32,33)34/h4-7,9-12,14-17,20,27H,3,8,13,18-19,21H2,1-2H3,(H,35,39). The number of nitrogens with zero attached hydrogens (tertiary/aromatic N) is 2. The average molecular weight is 669 g/mol. The van der Waals surface area contributed by atoms with E-state index in [2.05, 4.69) is 21.2 Å². The van der Waals surface area contributed by atoms with Crippen molar-refractivity contribution >= 4 is 43.5 Å². The molecule has 3 rings (SSSR count). The largest absolute Gasteiger partial charge is 0.416 e. The zero-order valence-corrected chi connectivity index (χ0v) is 25.7. The average Bonchev–Trinajstić information content (AvgIpc) is 2.93. The molecule has 0 heterocycles. The number of halogens is 4. The lowest BCUT2D eigenvalue weighted by atomic mass is 10.0. The fourth-order valence-electron chi connectivity index (χ4n) is 4.47. The molecule has 0 aliphatic heterocycles. The number of carbonyl (C=O) groups excluding carboxylic acids is 2. The van der Waals surface area contributed by atoms with E-state index >= 15 is 0 Å². The van der Waals surface area contributed by atoms with Crippen molar-refractivity contribution in [3.05, 3.63) is 100 Å². The quantitative estimate of drug-likeness (QED) is 0.250. The first-order valence-corrected chi connectivity index (χ1v) is 15.9. The normalized spacial score (nSPS) is 12.4. The molecule has 0 bridgehead atoms. The minimum absolute atomic E-state index is 0.0203. The summed E-state index contributed by atoms with van der Waals surface area (Å²) in [6, 6.07) is 19.8. The Morgan fingerprint density at radius 3 is 2.21 bits per heavy atom. The predicted molar refractivity (Wildman–Crippen MR) is 160 cm³/mol. The molecular weight excluding hydrogens is 635 g/mol. The molecule has 0 aliphatic carbocycles. The fraction of sp³-hybridized carbons (Fsp3) is 0.333. The van der Waals surface area contributed by atoms with Gasteiger partial charge in [0.2, 0.25) is 21.8 Å². The Morgan fingerprint density at radius 1 is 0.952 bits per heavy atom. The van der Waals surface area contributed by atoms with Crippen LogP contribution >= 0.6 is 15.9 Å². The van der Waals surface area contributed by atoms with Gasteiger partial charge >= 0.3 is 6.18 Å². The molecule has 0 radical (unpaired) electrons. The molecule has 0 aromatic heterocycles. The molecule has 0 saturated heterocycles. The van der Waals surface area contributed by atoms with Crippen LogP contribution in [0, 0.1) is 0 Å². The molecule has 1 N–H and O–H groups in total. The van der Waals surface area contributed by atoms with Crippen molar-refractivity contribution in [3.63, 3.8) is 0 Å². The van der Waals surface area contributed by atoms with Crippen LogP contribution in [-0.4, -0.2) is 50.5 Å². The van der Waals surface area contributed by atoms with E-state index in [4.69, 9.17) is 0 Å². The second-order valence-electron chi connectivity index (χ2n) is 9.73. The molecule has 12 heteroatoms. The van der Waals surface area contributed by atoms with Gasteiger partial charge in [0.1, 0.15) is 6.04 Å². The molecule has 42 heavy (non-hydrogen) atoms. The Kier molecular flexibility index (Phi) is 11.6. The summed E-state index contributed by atoms with van der Waals surface area (Å²) in [4.78, 5) is 28.5. The van der Waals surface area contributed by atoms with Gasteiger partial charge in [-0.1, -0.05) is 64.5 Å². The van der Waals surface area contributed by atoms with Gasteiger partial charge in [0.15, 0.2) is 0 Å². The lowest BCUT2D eigenvalue weighted by Crippen LogP contribution is -2.50. The van der Waals surface area contributed by atoms with Crippen molar-refractivity contribution in [1.29, 1.82) is 0 Å². The first kappa shape index (κ1) is 33.1. The van der Waals surface area contributed by atoms with E-state index in [1.165, 1.54) is 11.0 Å². The second kappa shape index (κ2) is 14.7. The summed E-state index contributed by atoms with van der Waals surface area (Å²) >= 11 is 3.39. The van der Waals surface area contributed by atoms with Crippen LogP contribution in [0.3, 0.4) is 0 Å². The van der Waals surface area contributed by atoms with E-state index in [1.807, 2.05) is 54.6 Å². The topological polar surface area (TPSA) is 86.8 Å². The summed E-state index contributed by atoms with van der Waals surface area (Å²) in [5.41, 5.74) is 0.526. The number of hydrogen-bond acceptors (Lipinski definition) is 4. The molecule has 1 atom stereocenters. The number of sulfonamides is 1. The van der Waals surface area contributed by atoms with Gasteiger partial charge < -0.3 is 10.2 Å². The number of anilines is 1. The van der Waals surface area contributed by atoms with Crippen molar-refractivity contribution in [3.8, 4) is 0 Å². The van der Waals surface area contributed by atoms with E-state index in [0.717, 1.165) is 44.4 Å².